The highest BCUT2D eigenvalue weighted by molar-refractivity contribution is 5.86. The number of rotatable bonds is 7. The number of hydrogen-bond donors (Lipinski definition) is 1. The number of hydrogen-bond acceptors (Lipinski definition) is 3. The Kier molecular flexibility index (Phi) is 5.20. The van der Waals surface area contributed by atoms with Crippen molar-refractivity contribution in [1.82, 2.24) is 9.55 Å². The summed E-state index contributed by atoms with van der Waals surface area (Å²) in [6, 6.07) is 11.7. The molecule has 0 bridgehead atoms. The lowest BCUT2D eigenvalue weighted by atomic mass is 9.96. The molecule has 2 heterocycles. The smallest absolute Gasteiger partial charge is 0.193 e. The van der Waals surface area contributed by atoms with Gasteiger partial charge < -0.3 is 5.32 Å². The van der Waals surface area contributed by atoms with Crippen molar-refractivity contribution in [2.75, 3.05) is 5.32 Å². The Morgan fingerprint density at radius 1 is 1.22 bits per heavy atom. The lowest BCUT2D eigenvalue weighted by Crippen LogP contribution is -2.16. The van der Waals surface area contributed by atoms with E-state index in [1.165, 1.54) is 12.0 Å². The zero-order chi connectivity index (χ0) is 22.1. The van der Waals surface area contributed by atoms with Crippen molar-refractivity contribution < 1.29 is 0 Å². The molecule has 0 radical (unpaired) electrons. The van der Waals surface area contributed by atoms with E-state index in [2.05, 4.69) is 46.3 Å². The number of nitrogens with zero attached hydrogens (tertiary/aromatic N) is 2. The predicted octanol–water partition coefficient (Wildman–Crippen LogP) is 5.73. The molecule has 32 heavy (non-hydrogen) atoms. The maximum atomic E-state index is 13.1. The van der Waals surface area contributed by atoms with Gasteiger partial charge in [0.1, 0.15) is 5.82 Å². The molecule has 1 aromatic carbocycles. The van der Waals surface area contributed by atoms with Gasteiger partial charge in [-0.1, -0.05) is 61.2 Å². The van der Waals surface area contributed by atoms with Crippen molar-refractivity contribution in [3.63, 3.8) is 0 Å². The SMILES string of the molecule is C=C/C=C(\C=C)Nc1cc(=O)c2cncc(CC3=CC=CC4CC34)c2n1-c1ccccc1. The number of para-hydroxylation sites is 1. The van der Waals surface area contributed by atoms with Gasteiger partial charge in [0, 0.05) is 29.8 Å². The Hall–Kier alpha value is -3.92. The van der Waals surface area contributed by atoms with E-state index in [-0.39, 0.29) is 5.43 Å². The molecule has 158 valence electrons. The minimum absolute atomic E-state index is 0.0622. The van der Waals surface area contributed by atoms with Gasteiger partial charge in [0.2, 0.25) is 0 Å². The Labute approximate surface area is 187 Å². The molecule has 2 atom stereocenters. The average Bonchev–Trinajstić information content (AvgIpc) is 3.61. The van der Waals surface area contributed by atoms with Gasteiger partial charge in [-0.25, -0.2) is 0 Å². The Balaban J connectivity index is 1.75. The quantitative estimate of drug-likeness (QED) is 0.498. The number of aromatic nitrogens is 2. The molecule has 2 unspecified atom stereocenters. The fourth-order valence-corrected chi connectivity index (χ4v) is 4.54. The van der Waals surface area contributed by atoms with Gasteiger partial charge >= 0.3 is 0 Å². The summed E-state index contributed by atoms with van der Waals surface area (Å²) < 4.78 is 2.11. The highest BCUT2D eigenvalue weighted by Gasteiger charge is 2.39. The topological polar surface area (TPSA) is 46.9 Å². The first-order valence-electron chi connectivity index (χ1n) is 10.9. The number of anilines is 1. The van der Waals surface area contributed by atoms with Gasteiger partial charge in [-0.15, -0.1) is 0 Å². The fraction of sp³-hybridized carbons (Fsp3) is 0.143. The molecule has 2 aromatic heterocycles. The molecule has 4 nitrogen and oxygen atoms in total. The molecule has 2 aliphatic rings. The Morgan fingerprint density at radius 2 is 2.06 bits per heavy atom. The number of benzene rings is 1. The standard InChI is InChI=1S/C28H25N3O/c1-3-9-22(4-2)30-27-16-26(32)25-18-29-17-21(14-19-10-8-11-20-15-24(19)20)28(25)31(27)23-12-6-5-7-13-23/h3-13,16-18,20,24,30H,1-2,14-15H2/b22-9+. The van der Waals surface area contributed by atoms with Crippen LogP contribution >= 0.6 is 0 Å². The van der Waals surface area contributed by atoms with E-state index in [0.717, 1.165) is 28.9 Å². The maximum Gasteiger partial charge on any atom is 0.193 e. The van der Waals surface area contributed by atoms with Gasteiger partial charge in [-0.05, 0) is 54.5 Å². The third kappa shape index (κ3) is 3.65. The van der Waals surface area contributed by atoms with Crippen molar-refractivity contribution in [3.8, 4) is 5.69 Å². The van der Waals surface area contributed by atoms with Gasteiger partial charge in [0.15, 0.2) is 5.43 Å². The number of allylic oxidation sites excluding steroid dienone is 7. The second-order valence-corrected chi connectivity index (χ2v) is 8.26. The molecule has 2 aliphatic carbocycles. The molecule has 0 amide bonds. The lowest BCUT2D eigenvalue weighted by molar-refractivity contribution is 0.862. The summed E-state index contributed by atoms with van der Waals surface area (Å²) in [6.45, 7) is 7.66. The molecule has 5 rings (SSSR count). The Morgan fingerprint density at radius 3 is 2.84 bits per heavy atom. The van der Waals surface area contributed by atoms with E-state index in [1.807, 2.05) is 42.6 Å². The summed E-state index contributed by atoms with van der Waals surface area (Å²) >= 11 is 0. The molecule has 1 saturated carbocycles. The van der Waals surface area contributed by atoms with E-state index in [4.69, 9.17) is 0 Å². The molecular weight excluding hydrogens is 394 g/mol. The van der Waals surface area contributed by atoms with Crippen molar-refractivity contribution >= 4 is 16.7 Å². The van der Waals surface area contributed by atoms with E-state index < -0.39 is 0 Å². The minimum Gasteiger partial charge on any atom is -0.341 e. The van der Waals surface area contributed by atoms with Crippen LogP contribution in [0.3, 0.4) is 0 Å². The summed E-state index contributed by atoms with van der Waals surface area (Å²) in [5, 5.41) is 3.98. The van der Waals surface area contributed by atoms with E-state index in [0.29, 0.717) is 23.0 Å². The zero-order valence-corrected chi connectivity index (χ0v) is 17.9. The molecule has 0 aliphatic heterocycles. The van der Waals surface area contributed by atoms with Crippen LogP contribution in [0.15, 0.2) is 114 Å². The molecule has 3 aromatic rings. The Bertz CT molecular complexity index is 1360. The van der Waals surface area contributed by atoms with Crippen molar-refractivity contribution in [3.05, 3.63) is 125 Å². The maximum absolute atomic E-state index is 13.1. The third-order valence-electron chi connectivity index (χ3n) is 6.17. The van der Waals surface area contributed by atoms with Gasteiger partial charge in [0.25, 0.3) is 0 Å². The normalized spacial score (nSPS) is 19.2. The van der Waals surface area contributed by atoms with Crippen LogP contribution in [0.5, 0.6) is 0 Å². The monoisotopic (exact) mass is 419 g/mol. The molecule has 1 fully saturated rings. The van der Waals surface area contributed by atoms with Crippen LogP contribution in [0.2, 0.25) is 0 Å². The summed E-state index contributed by atoms with van der Waals surface area (Å²) in [5.41, 5.74) is 5.02. The van der Waals surface area contributed by atoms with Gasteiger partial charge in [-0.3, -0.25) is 14.3 Å². The highest BCUT2D eigenvalue weighted by Crippen LogP contribution is 2.48. The molecule has 4 heteroatoms. The van der Waals surface area contributed by atoms with Crippen molar-refractivity contribution in [2.45, 2.75) is 12.8 Å². The van der Waals surface area contributed by atoms with Gasteiger partial charge in [-0.2, -0.15) is 0 Å². The van der Waals surface area contributed by atoms with Crippen LogP contribution < -0.4 is 10.7 Å². The summed E-state index contributed by atoms with van der Waals surface area (Å²) in [6.07, 6.45) is 17.5. The molecule has 0 spiro atoms. The average molecular weight is 420 g/mol. The number of nitrogens with one attached hydrogen (secondary N) is 1. The highest BCUT2D eigenvalue weighted by atomic mass is 16.1. The van der Waals surface area contributed by atoms with E-state index in [9.17, 15) is 4.79 Å². The first kappa shape index (κ1) is 20.0. The lowest BCUT2D eigenvalue weighted by Gasteiger charge is -2.21. The van der Waals surface area contributed by atoms with Crippen LogP contribution in [0.25, 0.3) is 16.6 Å². The van der Waals surface area contributed by atoms with E-state index in [1.54, 1.807) is 24.4 Å². The summed E-state index contributed by atoms with van der Waals surface area (Å²) in [4.78, 5) is 17.6. The third-order valence-corrected chi connectivity index (χ3v) is 6.17. The molecule has 0 saturated heterocycles. The minimum atomic E-state index is -0.0622. The van der Waals surface area contributed by atoms with Crippen molar-refractivity contribution in [2.24, 2.45) is 11.8 Å². The van der Waals surface area contributed by atoms with Crippen LogP contribution in [0, 0.1) is 11.8 Å². The fourth-order valence-electron chi connectivity index (χ4n) is 4.54. The van der Waals surface area contributed by atoms with E-state index >= 15 is 0 Å². The number of pyridine rings is 2. The van der Waals surface area contributed by atoms with Crippen LogP contribution in [-0.2, 0) is 6.42 Å². The molecular formula is C28H25N3O. The van der Waals surface area contributed by atoms with Crippen LogP contribution in [-0.4, -0.2) is 9.55 Å². The predicted molar refractivity (Wildman–Crippen MR) is 132 cm³/mol. The van der Waals surface area contributed by atoms with Crippen LogP contribution in [0.1, 0.15) is 12.0 Å². The first-order chi connectivity index (χ1) is 15.7. The van der Waals surface area contributed by atoms with Crippen LogP contribution in [0.4, 0.5) is 5.82 Å². The molecule has 1 N–H and O–H groups in total. The summed E-state index contributed by atoms with van der Waals surface area (Å²) in [7, 11) is 0. The zero-order valence-electron chi connectivity index (χ0n) is 17.9. The first-order valence-corrected chi connectivity index (χ1v) is 10.9. The second-order valence-electron chi connectivity index (χ2n) is 8.26. The van der Waals surface area contributed by atoms with Crippen molar-refractivity contribution in [1.29, 1.82) is 0 Å². The summed E-state index contributed by atoms with van der Waals surface area (Å²) in [5.74, 6) is 1.97. The number of fused-ring (bicyclic) bond motifs is 2. The largest absolute Gasteiger partial charge is 0.341 e. The second kappa shape index (κ2) is 8.31. The van der Waals surface area contributed by atoms with Gasteiger partial charge in [0.05, 0.1) is 10.9 Å².